The standard InChI is InChI=1S/C14H21NO5S/c1-4-5-11(9-14(16)17)15-21(18,19)12-6-7-13(20-3)10(2)8-12/h6-8,11,15H,4-5,9H2,1-3H3,(H,16,17). The highest BCUT2D eigenvalue weighted by Gasteiger charge is 2.22. The van der Waals surface area contributed by atoms with E-state index in [1.54, 1.807) is 13.0 Å². The van der Waals surface area contributed by atoms with Crippen molar-refractivity contribution in [2.24, 2.45) is 0 Å². The van der Waals surface area contributed by atoms with E-state index in [1.807, 2.05) is 6.92 Å². The molecule has 1 aromatic rings. The van der Waals surface area contributed by atoms with E-state index in [4.69, 9.17) is 9.84 Å². The zero-order valence-electron chi connectivity index (χ0n) is 12.4. The fraction of sp³-hybridized carbons (Fsp3) is 0.500. The lowest BCUT2D eigenvalue weighted by molar-refractivity contribution is -0.137. The molecule has 6 nitrogen and oxygen atoms in total. The van der Waals surface area contributed by atoms with E-state index in [1.165, 1.54) is 19.2 Å². The molecule has 1 rings (SSSR count). The van der Waals surface area contributed by atoms with Gasteiger partial charge in [-0.25, -0.2) is 13.1 Å². The zero-order chi connectivity index (χ0) is 16.0. The molecule has 0 aromatic heterocycles. The summed E-state index contributed by atoms with van der Waals surface area (Å²) in [6.45, 7) is 3.62. The Morgan fingerprint density at radius 2 is 2.10 bits per heavy atom. The minimum absolute atomic E-state index is 0.104. The minimum Gasteiger partial charge on any atom is -0.496 e. The van der Waals surface area contributed by atoms with E-state index in [9.17, 15) is 13.2 Å². The van der Waals surface area contributed by atoms with Gasteiger partial charge in [-0.2, -0.15) is 0 Å². The Bertz CT molecular complexity index is 597. The molecular weight excluding hydrogens is 294 g/mol. The number of benzene rings is 1. The van der Waals surface area contributed by atoms with E-state index < -0.39 is 22.0 Å². The number of ether oxygens (including phenoxy) is 1. The van der Waals surface area contributed by atoms with Crippen LogP contribution in [0.15, 0.2) is 23.1 Å². The second-order valence-electron chi connectivity index (χ2n) is 4.84. The number of carbonyl (C=O) groups is 1. The molecule has 0 radical (unpaired) electrons. The number of aryl methyl sites for hydroxylation is 1. The van der Waals surface area contributed by atoms with Gasteiger partial charge in [-0.3, -0.25) is 4.79 Å². The van der Waals surface area contributed by atoms with Gasteiger partial charge >= 0.3 is 5.97 Å². The van der Waals surface area contributed by atoms with Crippen LogP contribution in [0.5, 0.6) is 5.75 Å². The van der Waals surface area contributed by atoms with Crippen molar-refractivity contribution in [3.63, 3.8) is 0 Å². The normalized spacial score (nSPS) is 12.9. The molecule has 0 bridgehead atoms. The molecule has 0 amide bonds. The van der Waals surface area contributed by atoms with Gasteiger partial charge in [0, 0.05) is 6.04 Å². The fourth-order valence-corrected chi connectivity index (χ4v) is 3.42. The summed E-state index contributed by atoms with van der Waals surface area (Å²) in [7, 11) is -2.23. The van der Waals surface area contributed by atoms with Gasteiger partial charge < -0.3 is 9.84 Å². The maximum atomic E-state index is 12.3. The van der Waals surface area contributed by atoms with Crippen molar-refractivity contribution < 1.29 is 23.1 Å². The molecule has 0 aliphatic carbocycles. The van der Waals surface area contributed by atoms with Crippen LogP contribution >= 0.6 is 0 Å². The quantitative estimate of drug-likeness (QED) is 0.764. The number of hydrogen-bond acceptors (Lipinski definition) is 4. The van der Waals surface area contributed by atoms with Gasteiger partial charge in [0.25, 0.3) is 0 Å². The first-order chi connectivity index (χ1) is 9.80. The van der Waals surface area contributed by atoms with Crippen molar-refractivity contribution >= 4 is 16.0 Å². The van der Waals surface area contributed by atoms with Gasteiger partial charge in [0.15, 0.2) is 0 Å². The molecule has 0 aliphatic heterocycles. The summed E-state index contributed by atoms with van der Waals surface area (Å²) in [5, 5.41) is 8.84. The maximum Gasteiger partial charge on any atom is 0.304 e. The predicted molar refractivity (Wildman–Crippen MR) is 79.0 cm³/mol. The Morgan fingerprint density at radius 3 is 2.57 bits per heavy atom. The summed E-state index contributed by atoms with van der Waals surface area (Å²) < 4.78 is 32.2. The maximum absolute atomic E-state index is 12.3. The van der Waals surface area contributed by atoms with Crippen molar-refractivity contribution in [2.75, 3.05) is 7.11 Å². The van der Waals surface area contributed by atoms with Gasteiger partial charge in [-0.1, -0.05) is 13.3 Å². The van der Waals surface area contributed by atoms with Crippen LogP contribution in [0.3, 0.4) is 0 Å². The zero-order valence-corrected chi connectivity index (χ0v) is 13.2. The van der Waals surface area contributed by atoms with Crippen LogP contribution in [0.1, 0.15) is 31.7 Å². The number of hydrogen-bond donors (Lipinski definition) is 2. The molecule has 0 spiro atoms. The summed E-state index contributed by atoms with van der Waals surface area (Å²) in [6, 6.07) is 3.92. The monoisotopic (exact) mass is 315 g/mol. The van der Waals surface area contributed by atoms with Crippen LogP contribution in [-0.2, 0) is 14.8 Å². The van der Waals surface area contributed by atoms with Crippen molar-refractivity contribution in [1.82, 2.24) is 4.72 Å². The van der Waals surface area contributed by atoms with Gasteiger partial charge in [-0.05, 0) is 37.1 Å². The van der Waals surface area contributed by atoms with Crippen molar-refractivity contribution in [3.05, 3.63) is 23.8 Å². The van der Waals surface area contributed by atoms with Gasteiger partial charge in [0.05, 0.1) is 18.4 Å². The molecule has 1 unspecified atom stereocenters. The first-order valence-electron chi connectivity index (χ1n) is 6.69. The summed E-state index contributed by atoms with van der Waals surface area (Å²) in [4.78, 5) is 10.9. The van der Waals surface area contributed by atoms with Crippen LogP contribution < -0.4 is 9.46 Å². The van der Waals surface area contributed by atoms with Gasteiger partial charge in [0.1, 0.15) is 5.75 Å². The Hall–Kier alpha value is -1.60. The first kappa shape index (κ1) is 17.5. The number of rotatable bonds is 8. The lowest BCUT2D eigenvalue weighted by atomic mass is 10.1. The third-order valence-corrected chi connectivity index (χ3v) is 4.57. The molecule has 2 N–H and O–H groups in total. The molecule has 0 heterocycles. The molecule has 1 aromatic carbocycles. The van der Waals surface area contributed by atoms with E-state index in [0.717, 1.165) is 0 Å². The molecular formula is C14H21NO5S. The molecule has 21 heavy (non-hydrogen) atoms. The summed E-state index contributed by atoms with van der Waals surface area (Å²) in [6.07, 6.45) is 0.935. The molecule has 0 fully saturated rings. The molecule has 1 atom stereocenters. The van der Waals surface area contributed by atoms with Crippen molar-refractivity contribution in [3.8, 4) is 5.75 Å². The lowest BCUT2D eigenvalue weighted by Crippen LogP contribution is -2.36. The number of carboxylic acid groups (broad SMARTS) is 1. The van der Waals surface area contributed by atoms with Crippen LogP contribution in [0.2, 0.25) is 0 Å². The highest BCUT2D eigenvalue weighted by molar-refractivity contribution is 7.89. The second kappa shape index (κ2) is 7.42. The third-order valence-electron chi connectivity index (χ3n) is 3.06. The largest absolute Gasteiger partial charge is 0.496 e. The van der Waals surface area contributed by atoms with Gasteiger partial charge in [-0.15, -0.1) is 0 Å². The number of methoxy groups -OCH3 is 1. The third kappa shape index (κ3) is 5.02. The van der Waals surface area contributed by atoms with E-state index >= 15 is 0 Å². The SMILES string of the molecule is CCCC(CC(=O)O)NS(=O)(=O)c1ccc(OC)c(C)c1. The average molecular weight is 315 g/mol. The fourth-order valence-electron chi connectivity index (χ4n) is 2.07. The second-order valence-corrected chi connectivity index (χ2v) is 6.55. The van der Waals surface area contributed by atoms with Crippen molar-refractivity contribution in [2.45, 2.75) is 44.0 Å². The number of sulfonamides is 1. The highest BCUT2D eigenvalue weighted by atomic mass is 32.2. The Balaban J connectivity index is 2.98. The van der Waals surface area contributed by atoms with Crippen LogP contribution in [0.4, 0.5) is 0 Å². The minimum atomic E-state index is -3.74. The molecule has 0 aliphatic rings. The lowest BCUT2D eigenvalue weighted by Gasteiger charge is -2.17. The molecule has 7 heteroatoms. The van der Waals surface area contributed by atoms with Crippen LogP contribution in [0, 0.1) is 6.92 Å². The molecule has 118 valence electrons. The predicted octanol–water partition coefficient (Wildman–Crippen LogP) is 1.93. The van der Waals surface area contributed by atoms with E-state index in [0.29, 0.717) is 24.2 Å². The summed E-state index contributed by atoms with van der Waals surface area (Å²) in [5.41, 5.74) is 0.700. The van der Waals surface area contributed by atoms with Gasteiger partial charge in [0.2, 0.25) is 10.0 Å². The topological polar surface area (TPSA) is 92.7 Å². The molecule has 0 saturated heterocycles. The smallest absolute Gasteiger partial charge is 0.304 e. The van der Waals surface area contributed by atoms with E-state index in [-0.39, 0.29) is 11.3 Å². The summed E-state index contributed by atoms with van der Waals surface area (Å²) in [5.74, 6) is -0.424. The molecule has 0 saturated carbocycles. The number of nitrogens with one attached hydrogen (secondary N) is 1. The van der Waals surface area contributed by atoms with Crippen LogP contribution in [0.25, 0.3) is 0 Å². The number of carboxylic acids is 1. The van der Waals surface area contributed by atoms with Crippen LogP contribution in [-0.4, -0.2) is 32.6 Å². The first-order valence-corrected chi connectivity index (χ1v) is 8.17. The highest BCUT2D eigenvalue weighted by Crippen LogP contribution is 2.21. The summed E-state index contributed by atoms with van der Waals surface area (Å²) >= 11 is 0. The Labute approximate surface area is 125 Å². The Kier molecular flexibility index (Phi) is 6.17. The Morgan fingerprint density at radius 1 is 1.43 bits per heavy atom. The number of aliphatic carboxylic acids is 1. The van der Waals surface area contributed by atoms with Crippen molar-refractivity contribution in [1.29, 1.82) is 0 Å². The van der Waals surface area contributed by atoms with E-state index in [2.05, 4.69) is 4.72 Å². The average Bonchev–Trinajstić information content (AvgIpc) is 2.37.